The zero-order valence-electron chi connectivity index (χ0n) is 25.6. The van der Waals surface area contributed by atoms with Gasteiger partial charge in [-0.1, -0.05) is 19.8 Å². The molecule has 0 radical (unpaired) electrons. The van der Waals surface area contributed by atoms with E-state index in [9.17, 15) is 58.8 Å². The number of rotatable bonds is 14. The molecule has 3 saturated heterocycles. The third-order valence-electron chi connectivity index (χ3n) is 8.77. The van der Waals surface area contributed by atoms with Crippen molar-refractivity contribution in [2.75, 3.05) is 19.8 Å². The number of alkyl halides is 5. The summed E-state index contributed by atoms with van der Waals surface area (Å²) in [5, 5.41) is 82.0. The molecular weight excluding hydrogens is 673 g/mol. The number of hydrogen-bond acceptors (Lipinski definition) is 17. The molecule has 3 heterocycles. The predicted octanol–water partition coefficient (Wildman–Crippen LogP) is -4.94. The van der Waals surface area contributed by atoms with Gasteiger partial charge in [0.2, 0.25) is 5.78 Å². The molecule has 17 nitrogen and oxygen atoms in total. The van der Waals surface area contributed by atoms with Gasteiger partial charge < -0.3 is 81.7 Å². The van der Waals surface area contributed by atoms with Crippen LogP contribution in [0.2, 0.25) is 0 Å². The van der Waals surface area contributed by atoms with Crippen molar-refractivity contribution in [3.05, 3.63) is 0 Å². The molecule has 0 spiro atoms. The molecule has 48 heavy (non-hydrogen) atoms. The predicted molar refractivity (Wildman–Crippen MR) is 145 cm³/mol. The van der Waals surface area contributed by atoms with Crippen LogP contribution in [-0.4, -0.2) is 176 Å². The van der Waals surface area contributed by atoms with Crippen LogP contribution in [0.1, 0.15) is 26.2 Å². The molecule has 0 aromatic heterocycles. The van der Waals surface area contributed by atoms with Crippen molar-refractivity contribution in [1.29, 1.82) is 0 Å². The van der Waals surface area contributed by atoms with Gasteiger partial charge >= 0.3 is 11.8 Å². The second-order valence-electron chi connectivity index (χ2n) is 12.0. The van der Waals surface area contributed by atoms with Crippen molar-refractivity contribution < 1.29 is 91.3 Å². The molecule has 3 aliphatic heterocycles. The molecule has 3 fully saturated rings. The normalized spacial score (nSPS) is 43.6. The summed E-state index contributed by atoms with van der Waals surface area (Å²) in [5.41, 5.74) is 13.7. The average Bonchev–Trinajstić information content (AvgIpc) is 3.06. The van der Waals surface area contributed by atoms with Crippen molar-refractivity contribution in [2.45, 2.75) is 136 Å². The van der Waals surface area contributed by atoms with Crippen LogP contribution in [0.25, 0.3) is 0 Å². The fraction of sp³-hybridized carbons (Fsp3) is 0.962. The third kappa shape index (κ3) is 7.35. The lowest BCUT2D eigenvalue weighted by molar-refractivity contribution is -0.358. The number of carbonyl (C=O) groups is 1. The quantitative estimate of drug-likeness (QED) is 0.0750. The molecule has 0 aliphatic carbocycles. The lowest BCUT2D eigenvalue weighted by Gasteiger charge is -2.51. The standard InChI is InChI=1S/C26H44F5N3O14/c1-2-3-4-10(27)25(28,29)26(30,31)23(43)24(7-37)19(41)16(40)13(34)22(48-24)47-18-9(6-36)45-21(12(33)15(18)39)46-17-8(5-35)44-20(42)11(32)14(17)38/h8-22,35-42H,2-7,32-34H2,1H3/t8-,9-,10?,11-,12-,13-,14-,15-,16-,17?,18?,19+,20-,21+,22+,24-/m1/s1. The van der Waals surface area contributed by atoms with Crippen LogP contribution in [0.15, 0.2) is 0 Å². The summed E-state index contributed by atoms with van der Waals surface area (Å²) in [7, 11) is 0. The first-order valence-electron chi connectivity index (χ1n) is 15.0. The molecular formula is C26H44F5N3O14. The molecule has 3 rings (SSSR count). The van der Waals surface area contributed by atoms with Gasteiger partial charge in [-0.15, -0.1) is 0 Å². The largest absolute Gasteiger partial charge is 0.394 e. The Morgan fingerprint density at radius 1 is 0.833 bits per heavy atom. The van der Waals surface area contributed by atoms with E-state index in [4.69, 9.17) is 40.9 Å². The Balaban J connectivity index is 1.87. The molecule has 0 amide bonds. The number of aliphatic hydroxyl groups is 8. The summed E-state index contributed by atoms with van der Waals surface area (Å²) < 4.78 is 101. The molecule has 3 aliphatic rings. The summed E-state index contributed by atoms with van der Waals surface area (Å²) in [6.07, 6.45) is -26.2. The van der Waals surface area contributed by atoms with Crippen LogP contribution in [0, 0.1) is 0 Å². The number of nitrogens with two attached hydrogens (primary N) is 3. The van der Waals surface area contributed by atoms with Crippen LogP contribution in [-0.2, 0) is 28.5 Å². The van der Waals surface area contributed by atoms with E-state index in [0.717, 1.165) is 0 Å². The Labute approximate surface area is 270 Å². The van der Waals surface area contributed by atoms with Gasteiger partial charge in [0.25, 0.3) is 0 Å². The van der Waals surface area contributed by atoms with E-state index in [2.05, 4.69) is 0 Å². The first-order valence-corrected chi connectivity index (χ1v) is 15.0. The van der Waals surface area contributed by atoms with E-state index in [-0.39, 0.29) is 12.8 Å². The first-order chi connectivity index (χ1) is 22.3. The molecule has 282 valence electrons. The number of halogens is 5. The van der Waals surface area contributed by atoms with Gasteiger partial charge in [-0.05, 0) is 6.42 Å². The topological polar surface area (TPSA) is 303 Å². The minimum absolute atomic E-state index is 0.141. The summed E-state index contributed by atoms with van der Waals surface area (Å²) in [6.45, 7) is -2.37. The van der Waals surface area contributed by atoms with Crippen LogP contribution >= 0.6 is 0 Å². The van der Waals surface area contributed by atoms with Crippen LogP contribution in [0.3, 0.4) is 0 Å². The van der Waals surface area contributed by atoms with Gasteiger partial charge in [0.1, 0.15) is 48.8 Å². The van der Waals surface area contributed by atoms with Crippen molar-refractivity contribution in [2.24, 2.45) is 17.2 Å². The van der Waals surface area contributed by atoms with Gasteiger partial charge in [-0.2, -0.15) is 17.6 Å². The molecule has 3 unspecified atom stereocenters. The minimum Gasteiger partial charge on any atom is -0.394 e. The molecule has 14 N–H and O–H groups in total. The van der Waals surface area contributed by atoms with E-state index in [1.807, 2.05) is 0 Å². The van der Waals surface area contributed by atoms with Gasteiger partial charge in [0.15, 0.2) is 30.6 Å². The van der Waals surface area contributed by atoms with Gasteiger partial charge in [0.05, 0.1) is 37.9 Å². The fourth-order valence-corrected chi connectivity index (χ4v) is 5.65. The molecule has 0 saturated carbocycles. The average molecular weight is 718 g/mol. The fourth-order valence-electron chi connectivity index (χ4n) is 5.65. The first kappa shape index (κ1) is 41.1. The minimum atomic E-state index is -5.93. The summed E-state index contributed by atoms with van der Waals surface area (Å²) in [4.78, 5) is 13.0. The Morgan fingerprint density at radius 3 is 1.85 bits per heavy atom. The second-order valence-corrected chi connectivity index (χ2v) is 12.0. The monoisotopic (exact) mass is 717 g/mol. The lowest BCUT2D eigenvalue weighted by atomic mass is 9.79. The molecule has 0 aromatic rings. The van der Waals surface area contributed by atoms with E-state index in [1.54, 1.807) is 0 Å². The van der Waals surface area contributed by atoms with Crippen molar-refractivity contribution in [1.82, 2.24) is 0 Å². The summed E-state index contributed by atoms with van der Waals surface area (Å²) in [6, 6.07) is -5.14. The number of aliphatic hydroxyl groups excluding tert-OH is 8. The zero-order chi connectivity index (χ0) is 36.5. The SMILES string of the molecule is CCCCC(F)C(F)(F)C(F)(F)C(=O)[C@]1(CO)O[C@H](OC2[C@@H](CO)O[C@@H](OC3[C@@H](CO)O[C@@H](O)[C@H](N)[C@H]3O)[C@H](N)[C@H]2O)[C@H](N)[C@@H](O)[C@@H]1O. The molecule has 0 bridgehead atoms. The Kier molecular flexibility index (Phi) is 13.6. The number of hydrogen-bond donors (Lipinski definition) is 11. The van der Waals surface area contributed by atoms with Crippen LogP contribution in [0.4, 0.5) is 22.0 Å². The van der Waals surface area contributed by atoms with Crippen molar-refractivity contribution >= 4 is 5.78 Å². The Bertz CT molecular complexity index is 1070. The smallest absolute Gasteiger partial charge is 0.373 e. The molecule has 22 heteroatoms. The maximum atomic E-state index is 15.1. The zero-order valence-corrected chi connectivity index (χ0v) is 25.6. The van der Waals surface area contributed by atoms with E-state index < -0.39 is 141 Å². The maximum Gasteiger partial charge on any atom is 0.373 e. The number of Topliss-reactive ketones (excluding diaryl/α,β-unsaturated/α-hetero) is 1. The molecule has 0 aromatic carbocycles. The van der Waals surface area contributed by atoms with Gasteiger partial charge in [-0.25, -0.2) is 4.39 Å². The highest BCUT2D eigenvalue weighted by Gasteiger charge is 2.73. The lowest BCUT2D eigenvalue weighted by Crippen LogP contribution is -2.76. The highest BCUT2D eigenvalue weighted by Crippen LogP contribution is 2.46. The molecule has 16 atom stereocenters. The van der Waals surface area contributed by atoms with Crippen molar-refractivity contribution in [3.63, 3.8) is 0 Å². The third-order valence-corrected chi connectivity index (χ3v) is 8.77. The van der Waals surface area contributed by atoms with E-state index in [1.165, 1.54) is 6.92 Å². The van der Waals surface area contributed by atoms with E-state index in [0.29, 0.717) is 0 Å². The van der Waals surface area contributed by atoms with Crippen LogP contribution in [0.5, 0.6) is 0 Å². The second kappa shape index (κ2) is 15.9. The number of unbranched alkanes of at least 4 members (excludes halogenated alkanes) is 1. The Morgan fingerprint density at radius 2 is 1.33 bits per heavy atom. The van der Waals surface area contributed by atoms with Gasteiger partial charge in [0, 0.05) is 0 Å². The van der Waals surface area contributed by atoms with Crippen LogP contribution < -0.4 is 17.2 Å². The van der Waals surface area contributed by atoms with Gasteiger partial charge in [-0.3, -0.25) is 4.79 Å². The maximum absolute atomic E-state index is 15.1. The number of ketones is 1. The number of ether oxygens (including phenoxy) is 5. The number of carbonyl (C=O) groups excluding carboxylic acids is 1. The summed E-state index contributed by atoms with van der Waals surface area (Å²) in [5.74, 6) is -14.6. The van der Waals surface area contributed by atoms with E-state index >= 15 is 8.78 Å². The Hall–Kier alpha value is -1.32. The highest BCUT2D eigenvalue weighted by molar-refractivity contribution is 5.95. The van der Waals surface area contributed by atoms with Crippen molar-refractivity contribution in [3.8, 4) is 0 Å². The summed E-state index contributed by atoms with van der Waals surface area (Å²) >= 11 is 0. The highest BCUT2D eigenvalue weighted by atomic mass is 19.3.